The van der Waals surface area contributed by atoms with Crippen LogP contribution in [-0.4, -0.2) is 49.3 Å². The van der Waals surface area contributed by atoms with Gasteiger partial charge in [0.25, 0.3) is 0 Å². The molecule has 1 aromatic rings. The van der Waals surface area contributed by atoms with Crippen molar-refractivity contribution in [1.82, 2.24) is 10.2 Å². The number of hydrogen-bond acceptors (Lipinski definition) is 3. The van der Waals surface area contributed by atoms with Crippen molar-refractivity contribution in [1.29, 1.82) is 0 Å². The van der Waals surface area contributed by atoms with Crippen molar-refractivity contribution in [2.75, 3.05) is 26.2 Å². The van der Waals surface area contributed by atoms with E-state index in [0.29, 0.717) is 18.2 Å². The van der Waals surface area contributed by atoms with Crippen LogP contribution in [-0.2, 0) is 11.2 Å². The van der Waals surface area contributed by atoms with Crippen LogP contribution in [0.2, 0.25) is 0 Å². The maximum Gasteiger partial charge on any atom is 0.0702 e. The molecule has 0 aromatic heterocycles. The first-order chi connectivity index (χ1) is 9.81. The van der Waals surface area contributed by atoms with E-state index in [1.54, 1.807) is 0 Å². The minimum absolute atomic E-state index is 0.466. The fourth-order valence-electron chi connectivity index (χ4n) is 3.33. The second-order valence-electron chi connectivity index (χ2n) is 6.23. The predicted molar refractivity (Wildman–Crippen MR) is 81.9 cm³/mol. The molecule has 2 fully saturated rings. The molecule has 3 atom stereocenters. The molecule has 20 heavy (non-hydrogen) atoms. The fraction of sp³-hybridized carbons (Fsp3) is 0.647. The number of nitrogens with zero attached hydrogens (tertiary/aromatic N) is 1. The van der Waals surface area contributed by atoms with Crippen LogP contribution in [0.3, 0.4) is 0 Å². The molecule has 0 radical (unpaired) electrons. The van der Waals surface area contributed by atoms with E-state index < -0.39 is 0 Å². The van der Waals surface area contributed by atoms with Crippen molar-refractivity contribution >= 4 is 0 Å². The highest BCUT2D eigenvalue weighted by molar-refractivity contribution is 5.16. The van der Waals surface area contributed by atoms with E-state index in [1.165, 1.54) is 18.4 Å². The van der Waals surface area contributed by atoms with Gasteiger partial charge in [-0.15, -0.1) is 0 Å². The third-order valence-corrected chi connectivity index (χ3v) is 4.57. The summed E-state index contributed by atoms with van der Waals surface area (Å²) < 4.78 is 5.80. The predicted octanol–water partition coefficient (Wildman–Crippen LogP) is 2.07. The third-order valence-electron chi connectivity index (χ3n) is 4.57. The maximum atomic E-state index is 5.80. The van der Waals surface area contributed by atoms with Crippen molar-refractivity contribution in [3.63, 3.8) is 0 Å². The topological polar surface area (TPSA) is 24.5 Å². The van der Waals surface area contributed by atoms with Crippen molar-refractivity contribution < 1.29 is 4.74 Å². The average Bonchev–Trinajstić information content (AvgIpc) is 2.97. The van der Waals surface area contributed by atoms with Gasteiger partial charge in [-0.05, 0) is 31.7 Å². The Balaban J connectivity index is 1.55. The zero-order valence-corrected chi connectivity index (χ0v) is 12.4. The van der Waals surface area contributed by atoms with Gasteiger partial charge in [0.1, 0.15) is 0 Å². The standard InChI is InChI=1S/C17H26N2O/c1-14-11-18-16(10-15-6-3-2-4-7-15)12-19(14)13-17-8-5-9-20-17/h2-4,6-7,14,16-18H,5,8-13H2,1H3. The zero-order valence-electron chi connectivity index (χ0n) is 12.4. The van der Waals surface area contributed by atoms with Crippen molar-refractivity contribution in [3.8, 4) is 0 Å². The van der Waals surface area contributed by atoms with E-state index >= 15 is 0 Å². The molecule has 3 unspecified atom stereocenters. The molecule has 0 bridgehead atoms. The molecule has 1 N–H and O–H groups in total. The van der Waals surface area contributed by atoms with E-state index in [4.69, 9.17) is 4.74 Å². The number of benzene rings is 1. The van der Waals surface area contributed by atoms with E-state index in [0.717, 1.165) is 32.7 Å². The molecular weight excluding hydrogens is 248 g/mol. The summed E-state index contributed by atoms with van der Waals surface area (Å²) in [5.74, 6) is 0. The number of nitrogens with one attached hydrogen (secondary N) is 1. The summed E-state index contributed by atoms with van der Waals surface area (Å²) in [6.45, 7) is 6.60. The molecule has 0 aliphatic carbocycles. The highest BCUT2D eigenvalue weighted by atomic mass is 16.5. The maximum absolute atomic E-state index is 5.80. The van der Waals surface area contributed by atoms with E-state index in [9.17, 15) is 0 Å². The Hall–Kier alpha value is -0.900. The van der Waals surface area contributed by atoms with Gasteiger partial charge in [-0.2, -0.15) is 0 Å². The van der Waals surface area contributed by atoms with Gasteiger partial charge >= 0.3 is 0 Å². The summed E-state index contributed by atoms with van der Waals surface area (Å²) in [5, 5.41) is 3.69. The molecule has 2 aliphatic heterocycles. The Morgan fingerprint density at radius 3 is 2.90 bits per heavy atom. The van der Waals surface area contributed by atoms with Crippen LogP contribution in [0, 0.1) is 0 Å². The summed E-state index contributed by atoms with van der Waals surface area (Å²) in [6, 6.07) is 12.0. The van der Waals surface area contributed by atoms with Crippen molar-refractivity contribution in [2.24, 2.45) is 0 Å². The van der Waals surface area contributed by atoms with Crippen LogP contribution in [0.25, 0.3) is 0 Å². The second kappa shape index (κ2) is 6.70. The molecule has 110 valence electrons. The van der Waals surface area contributed by atoms with Gasteiger partial charge in [-0.25, -0.2) is 0 Å². The number of ether oxygens (including phenoxy) is 1. The third kappa shape index (κ3) is 3.60. The highest BCUT2D eigenvalue weighted by Crippen LogP contribution is 2.17. The summed E-state index contributed by atoms with van der Waals surface area (Å²) in [7, 11) is 0. The lowest BCUT2D eigenvalue weighted by molar-refractivity contribution is 0.0436. The SMILES string of the molecule is CC1CNC(Cc2ccccc2)CN1CC1CCCO1. The lowest BCUT2D eigenvalue weighted by atomic mass is 10.0. The van der Waals surface area contributed by atoms with Gasteiger partial charge in [-0.3, -0.25) is 4.90 Å². The fourth-order valence-corrected chi connectivity index (χ4v) is 3.33. The molecule has 2 aliphatic rings. The summed E-state index contributed by atoms with van der Waals surface area (Å²) in [6.07, 6.45) is 4.06. The van der Waals surface area contributed by atoms with Gasteiger partial charge in [0.15, 0.2) is 0 Å². The Morgan fingerprint density at radius 1 is 1.30 bits per heavy atom. The molecule has 0 spiro atoms. The lowest BCUT2D eigenvalue weighted by Crippen LogP contribution is -2.57. The number of hydrogen-bond donors (Lipinski definition) is 1. The largest absolute Gasteiger partial charge is 0.377 e. The van der Waals surface area contributed by atoms with Crippen LogP contribution in [0.4, 0.5) is 0 Å². The van der Waals surface area contributed by atoms with Crippen LogP contribution in [0.15, 0.2) is 30.3 Å². The lowest BCUT2D eigenvalue weighted by Gasteiger charge is -2.40. The molecule has 2 saturated heterocycles. The van der Waals surface area contributed by atoms with Crippen LogP contribution >= 0.6 is 0 Å². The highest BCUT2D eigenvalue weighted by Gasteiger charge is 2.28. The Kier molecular flexibility index (Phi) is 4.71. The molecule has 3 heteroatoms. The number of rotatable bonds is 4. The minimum Gasteiger partial charge on any atom is -0.377 e. The molecular formula is C17H26N2O. The zero-order chi connectivity index (χ0) is 13.8. The molecule has 0 amide bonds. The summed E-state index contributed by atoms with van der Waals surface area (Å²) >= 11 is 0. The first-order valence-electron chi connectivity index (χ1n) is 7.94. The Bertz CT molecular complexity index is 403. The van der Waals surface area contributed by atoms with Gasteiger partial charge < -0.3 is 10.1 Å². The smallest absolute Gasteiger partial charge is 0.0702 e. The molecule has 0 saturated carbocycles. The molecule has 3 rings (SSSR count). The number of piperazine rings is 1. The first kappa shape index (κ1) is 14.1. The quantitative estimate of drug-likeness (QED) is 0.909. The average molecular weight is 274 g/mol. The monoisotopic (exact) mass is 274 g/mol. The first-order valence-corrected chi connectivity index (χ1v) is 7.94. The molecule has 1 aromatic carbocycles. The van der Waals surface area contributed by atoms with Gasteiger partial charge in [-0.1, -0.05) is 30.3 Å². The van der Waals surface area contributed by atoms with Crippen LogP contribution < -0.4 is 5.32 Å². The molecule has 2 heterocycles. The second-order valence-corrected chi connectivity index (χ2v) is 6.23. The summed E-state index contributed by atoms with van der Waals surface area (Å²) in [4.78, 5) is 2.61. The van der Waals surface area contributed by atoms with E-state index in [-0.39, 0.29) is 0 Å². The van der Waals surface area contributed by atoms with E-state index in [1.807, 2.05) is 0 Å². The Labute approximate surface area is 122 Å². The molecule has 3 nitrogen and oxygen atoms in total. The van der Waals surface area contributed by atoms with Crippen LogP contribution in [0.5, 0.6) is 0 Å². The summed E-state index contributed by atoms with van der Waals surface area (Å²) in [5.41, 5.74) is 1.43. The van der Waals surface area contributed by atoms with E-state index in [2.05, 4.69) is 47.5 Å². The van der Waals surface area contributed by atoms with Crippen LogP contribution in [0.1, 0.15) is 25.3 Å². The van der Waals surface area contributed by atoms with Crippen molar-refractivity contribution in [3.05, 3.63) is 35.9 Å². The van der Waals surface area contributed by atoms with Crippen molar-refractivity contribution in [2.45, 2.75) is 44.4 Å². The normalized spacial score (nSPS) is 31.6. The minimum atomic E-state index is 0.466. The van der Waals surface area contributed by atoms with Gasteiger partial charge in [0.05, 0.1) is 6.10 Å². The van der Waals surface area contributed by atoms with Gasteiger partial charge in [0.2, 0.25) is 0 Å². The van der Waals surface area contributed by atoms with Gasteiger partial charge in [0, 0.05) is 38.3 Å². The Morgan fingerprint density at radius 2 is 2.15 bits per heavy atom.